The van der Waals surface area contributed by atoms with Crippen LogP contribution < -0.4 is 11.3 Å². The number of halogens is 1. The number of hydrazine groups is 1. The topological polar surface area (TPSA) is 65.1 Å². The van der Waals surface area contributed by atoms with Gasteiger partial charge in [0.1, 0.15) is 0 Å². The maximum absolute atomic E-state index is 6.36. The first-order valence-corrected chi connectivity index (χ1v) is 8.30. The number of rotatable bonds is 7. The first-order valence-electron chi connectivity index (χ1n) is 7.93. The Morgan fingerprint density at radius 3 is 2.76 bits per heavy atom. The van der Waals surface area contributed by atoms with Gasteiger partial charge in [-0.15, -0.1) is 0 Å². The third-order valence-electron chi connectivity index (χ3n) is 4.46. The van der Waals surface area contributed by atoms with Gasteiger partial charge in [0, 0.05) is 13.7 Å². The van der Waals surface area contributed by atoms with Gasteiger partial charge in [0.2, 0.25) is 0 Å². The normalized spacial score (nSPS) is 19.6. The molecule has 0 amide bonds. The SMILES string of the molecule is CCCn1ncc(Cl)c1C(NN)C(OC)C1CCCCC1. The van der Waals surface area contributed by atoms with E-state index < -0.39 is 0 Å². The van der Waals surface area contributed by atoms with Crippen LogP contribution in [0.3, 0.4) is 0 Å². The van der Waals surface area contributed by atoms with Crippen molar-refractivity contribution >= 4 is 11.6 Å². The minimum Gasteiger partial charge on any atom is -0.379 e. The third kappa shape index (κ3) is 3.77. The molecule has 1 aliphatic rings. The first kappa shape index (κ1) is 16.7. The molecule has 2 atom stereocenters. The van der Waals surface area contributed by atoms with Crippen molar-refractivity contribution in [3.8, 4) is 0 Å². The molecule has 0 bridgehead atoms. The highest BCUT2D eigenvalue weighted by molar-refractivity contribution is 6.31. The molecule has 1 saturated carbocycles. The predicted molar refractivity (Wildman–Crippen MR) is 85.0 cm³/mol. The quantitative estimate of drug-likeness (QED) is 0.599. The summed E-state index contributed by atoms with van der Waals surface area (Å²) in [6.45, 7) is 2.96. The Balaban J connectivity index is 2.25. The maximum atomic E-state index is 6.36. The van der Waals surface area contributed by atoms with Crippen LogP contribution in [0.2, 0.25) is 5.02 Å². The summed E-state index contributed by atoms with van der Waals surface area (Å²) in [6, 6.07) is -0.125. The molecule has 3 N–H and O–H groups in total. The second kappa shape index (κ2) is 8.13. The van der Waals surface area contributed by atoms with E-state index in [0.717, 1.165) is 18.7 Å². The van der Waals surface area contributed by atoms with Gasteiger partial charge in [0.15, 0.2) is 0 Å². The summed E-state index contributed by atoms with van der Waals surface area (Å²) in [5.41, 5.74) is 3.87. The Hall–Kier alpha value is -0.620. The predicted octanol–water partition coefficient (Wildman–Crippen LogP) is 3.05. The van der Waals surface area contributed by atoms with E-state index in [0.29, 0.717) is 10.9 Å². The van der Waals surface area contributed by atoms with Gasteiger partial charge in [-0.1, -0.05) is 37.8 Å². The average Bonchev–Trinajstić information content (AvgIpc) is 2.87. The number of nitrogens with one attached hydrogen (secondary N) is 1. The Labute approximate surface area is 132 Å². The van der Waals surface area contributed by atoms with Crippen molar-refractivity contribution in [3.63, 3.8) is 0 Å². The van der Waals surface area contributed by atoms with E-state index in [1.165, 1.54) is 32.1 Å². The number of nitrogens with zero attached hydrogens (tertiary/aromatic N) is 2. The Bertz CT molecular complexity index is 431. The van der Waals surface area contributed by atoms with Gasteiger partial charge < -0.3 is 4.74 Å². The van der Waals surface area contributed by atoms with Gasteiger partial charge in [-0.05, 0) is 25.2 Å². The molecule has 0 aromatic carbocycles. The molecule has 6 heteroatoms. The molecule has 1 aliphatic carbocycles. The highest BCUT2D eigenvalue weighted by Crippen LogP contribution is 2.35. The Morgan fingerprint density at radius 2 is 2.19 bits per heavy atom. The lowest BCUT2D eigenvalue weighted by atomic mass is 9.82. The summed E-state index contributed by atoms with van der Waals surface area (Å²) in [6.07, 6.45) is 8.97. The van der Waals surface area contributed by atoms with Gasteiger partial charge in [-0.3, -0.25) is 10.5 Å². The standard InChI is InChI=1S/C15H27ClN4O/c1-3-9-20-14(12(16)10-18-20)13(19-17)15(21-2)11-7-5-4-6-8-11/h10-11,13,15,19H,3-9,17H2,1-2H3. The monoisotopic (exact) mass is 314 g/mol. The summed E-state index contributed by atoms with van der Waals surface area (Å²) >= 11 is 6.36. The maximum Gasteiger partial charge on any atom is 0.0908 e. The van der Waals surface area contributed by atoms with Gasteiger partial charge >= 0.3 is 0 Å². The zero-order valence-corrected chi connectivity index (χ0v) is 13.8. The zero-order chi connectivity index (χ0) is 15.2. The van der Waals surface area contributed by atoms with Gasteiger partial charge in [0.25, 0.3) is 0 Å². The van der Waals surface area contributed by atoms with Crippen LogP contribution in [0.1, 0.15) is 57.2 Å². The molecule has 1 heterocycles. The molecule has 0 aliphatic heterocycles. The molecule has 21 heavy (non-hydrogen) atoms. The minimum absolute atomic E-state index is 0.0279. The van der Waals surface area contributed by atoms with Crippen LogP contribution in [0.15, 0.2) is 6.20 Å². The smallest absolute Gasteiger partial charge is 0.0908 e. The fourth-order valence-corrected chi connectivity index (χ4v) is 3.72. The van der Waals surface area contributed by atoms with Crippen molar-refractivity contribution in [1.82, 2.24) is 15.2 Å². The van der Waals surface area contributed by atoms with Crippen LogP contribution in [0.5, 0.6) is 0 Å². The van der Waals surface area contributed by atoms with Gasteiger partial charge in [-0.25, -0.2) is 5.43 Å². The molecule has 5 nitrogen and oxygen atoms in total. The fourth-order valence-electron chi connectivity index (χ4n) is 3.46. The van der Waals surface area contributed by atoms with Crippen molar-refractivity contribution in [3.05, 3.63) is 16.9 Å². The highest BCUT2D eigenvalue weighted by atomic mass is 35.5. The lowest BCUT2D eigenvalue weighted by molar-refractivity contribution is 0.00531. The Kier molecular flexibility index (Phi) is 6.48. The van der Waals surface area contributed by atoms with Crippen molar-refractivity contribution in [1.29, 1.82) is 0 Å². The van der Waals surface area contributed by atoms with Crippen LogP contribution in [0.25, 0.3) is 0 Å². The molecular formula is C15H27ClN4O. The number of hydrogen-bond acceptors (Lipinski definition) is 4. The second-order valence-corrected chi connectivity index (χ2v) is 6.25. The molecule has 0 saturated heterocycles. The van der Waals surface area contributed by atoms with Crippen LogP contribution in [0.4, 0.5) is 0 Å². The average molecular weight is 315 g/mol. The molecular weight excluding hydrogens is 288 g/mol. The third-order valence-corrected chi connectivity index (χ3v) is 4.75. The number of hydrogen-bond donors (Lipinski definition) is 2. The lowest BCUT2D eigenvalue weighted by Crippen LogP contribution is -2.43. The molecule has 2 unspecified atom stereocenters. The molecule has 120 valence electrons. The van der Waals surface area contributed by atoms with Crippen LogP contribution in [-0.2, 0) is 11.3 Å². The van der Waals surface area contributed by atoms with E-state index in [4.69, 9.17) is 22.2 Å². The molecule has 2 rings (SSSR count). The van der Waals surface area contributed by atoms with Gasteiger partial charge in [0.05, 0.1) is 29.1 Å². The number of nitrogens with two attached hydrogens (primary N) is 1. The fraction of sp³-hybridized carbons (Fsp3) is 0.800. The first-order chi connectivity index (χ1) is 10.2. The minimum atomic E-state index is -0.125. The lowest BCUT2D eigenvalue weighted by Gasteiger charge is -2.35. The zero-order valence-electron chi connectivity index (χ0n) is 13.0. The van der Waals surface area contributed by atoms with Crippen LogP contribution in [0, 0.1) is 5.92 Å². The number of aromatic nitrogens is 2. The van der Waals surface area contributed by atoms with Crippen LogP contribution in [-0.4, -0.2) is 23.0 Å². The van der Waals surface area contributed by atoms with Gasteiger partial charge in [-0.2, -0.15) is 5.10 Å². The van der Waals surface area contributed by atoms with E-state index in [-0.39, 0.29) is 12.1 Å². The highest BCUT2D eigenvalue weighted by Gasteiger charge is 2.34. The number of aryl methyl sites for hydroxylation is 1. The molecule has 0 radical (unpaired) electrons. The summed E-state index contributed by atoms with van der Waals surface area (Å²) in [5.74, 6) is 6.37. The molecule has 0 spiro atoms. The summed E-state index contributed by atoms with van der Waals surface area (Å²) in [7, 11) is 1.76. The van der Waals surface area contributed by atoms with E-state index in [1.54, 1.807) is 13.3 Å². The summed E-state index contributed by atoms with van der Waals surface area (Å²) in [5, 5.41) is 5.03. The van der Waals surface area contributed by atoms with Crippen molar-refractivity contribution in [2.75, 3.05) is 7.11 Å². The van der Waals surface area contributed by atoms with E-state index in [9.17, 15) is 0 Å². The second-order valence-electron chi connectivity index (χ2n) is 5.84. The number of methoxy groups -OCH3 is 1. The van der Waals surface area contributed by atoms with Crippen molar-refractivity contribution in [2.24, 2.45) is 11.8 Å². The Morgan fingerprint density at radius 1 is 1.48 bits per heavy atom. The molecule has 1 fully saturated rings. The van der Waals surface area contributed by atoms with Crippen LogP contribution >= 0.6 is 11.6 Å². The summed E-state index contributed by atoms with van der Waals surface area (Å²) < 4.78 is 7.76. The van der Waals surface area contributed by atoms with Crippen molar-refractivity contribution in [2.45, 2.75) is 64.1 Å². The van der Waals surface area contributed by atoms with E-state index in [1.807, 2.05) is 4.68 Å². The van der Waals surface area contributed by atoms with Crippen molar-refractivity contribution < 1.29 is 4.74 Å². The molecule has 1 aromatic rings. The largest absolute Gasteiger partial charge is 0.379 e. The van der Waals surface area contributed by atoms with E-state index >= 15 is 0 Å². The van der Waals surface area contributed by atoms with E-state index in [2.05, 4.69) is 17.4 Å². The number of ether oxygens (including phenoxy) is 1. The summed E-state index contributed by atoms with van der Waals surface area (Å²) in [4.78, 5) is 0. The molecule has 1 aromatic heterocycles.